The zero-order chi connectivity index (χ0) is 40.6. The molecule has 62 heavy (non-hydrogen) atoms. The van der Waals surface area contributed by atoms with Gasteiger partial charge in [0, 0.05) is 38.1 Å². The molecule has 0 aliphatic heterocycles. The van der Waals surface area contributed by atoms with Crippen molar-refractivity contribution >= 4 is 44.0 Å². The molecule has 4 aliphatic carbocycles. The summed E-state index contributed by atoms with van der Waals surface area (Å²) in [4.78, 5) is 10.3. The van der Waals surface area contributed by atoms with Crippen LogP contribution in [0.5, 0.6) is 0 Å². The monoisotopic (exact) mass is 800 g/mol. The summed E-state index contributed by atoms with van der Waals surface area (Å²) in [6.07, 6.45) is 12.7. The fraction of sp³-hybridized carbons (Fsp3) is 0.207. The normalized spacial score (nSPS) is 17.0. The minimum absolute atomic E-state index is 0.0463. The number of para-hydroxylation sites is 2. The summed E-state index contributed by atoms with van der Waals surface area (Å²) in [6.45, 7) is 0. The highest BCUT2D eigenvalue weighted by atomic mass is 16.3. The summed E-state index contributed by atoms with van der Waals surface area (Å²) in [6, 6.07) is 53.5. The van der Waals surface area contributed by atoms with Crippen LogP contribution >= 0.6 is 0 Å². The number of nitrogens with zero attached hydrogens (tertiary/aromatic N) is 2. The Morgan fingerprint density at radius 3 is 1.87 bits per heavy atom. The Bertz CT molecular complexity index is 3490. The topological polar surface area (TPSA) is 52.1 Å². The van der Waals surface area contributed by atoms with Gasteiger partial charge in [-0.05, 0) is 124 Å². The molecule has 2 fully saturated rings. The molecule has 7 aromatic carbocycles. The molecule has 3 aromatic heterocycles. The summed E-state index contributed by atoms with van der Waals surface area (Å²) in [5.41, 5.74) is 21.4. The first kappa shape index (κ1) is 34.9. The molecule has 0 atom stereocenters. The Hall–Kier alpha value is -6.78. The van der Waals surface area contributed by atoms with Crippen LogP contribution in [0.25, 0.3) is 100 Å². The van der Waals surface area contributed by atoms with Gasteiger partial charge in [-0.25, -0.2) is 9.97 Å². The van der Waals surface area contributed by atoms with E-state index in [1.165, 1.54) is 103 Å². The van der Waals surface area contributed by atoms with E-state index < -0.39 is 0 Å². The van der Waals surface area contributed by atoms with Crippen molar-refractivity contribution in [3.8, 4) is 56.0 Å². The van der Waals surface area contributed by atoms with Gasteiger partial charge >= 0.3 is 0 Å². The molecule has 0 radical (unpaired) electrons. The highest BCUT2D eigenvalue weighted by Gasteiger charge is 2.49. The van der Waals surface area contributed by atoms with Crippen molar-refractivity contribution < 1.29 is 8.83 Å². The van der Waals surface area contributed by atoms with Crippen molar-refractivity contribution in [3.63, 3.8) is 0 Å². The van der Waals surface area contributed by atoms with Crippen LogP contribution in [-0.4, -0.2) is 9.97 Å². The van der Waals surface area contributed by atoms with Gasteiger partial charge in [0.1, 0.15) is 28.0 Å². The molecular weight excluding hydrogens is 757 g/mol. The summed E-state index contributed by atoms with van der Waals surface area (Å²) in [7, 11) is 0. The summed E-state index contributed by atoms with van der Waals surface area (Å²) in [5, 5.41) is 3.14. The Labute approximate surface area is 360 Å². The van der Waals surface area contributed by atoms with E-state index in [4.69, 9.17) is 18.8 Å². The van der Waals surface area contributed by atoms with E-state index in [2.05, 4.69) is 109 Å². The molecule has 10 aromatic rings. The predicted molar refractivity (Wildman–Crippen MR) is 251 cm³/mol. The lowest BCUT2D eigenvalue weighted by molar-refractivity contribution is 0.350. The average molecular weight is 801 g/mol. The highest BCUT2D eigenvalue weighted by molar-refractivity contribution is 6.14. The first-order valence-electron chi connectivity index (χ1n) is 22.8. The summed E-state index contributed by atoms with van der Waals surface area (Å²) < 4.78 is 13.4. The fourth-order valence-corrected chi connectivity index (χ4v) is 12.8. The van der Waals surface area contributed by atoms with Gasteiger partial charge in [-0.15, -0.1) is 0 Å². The zero-order valence-electron chi connectivity index (χ0n) is 34.6. The standard InChI is InChI=1S/C58H44N2O2/c1-4-16-35(17-5-1)56-59-52-40-19-7-9-25-49(40)62-55(52)53(60-56)41-22-14-21-39-43-32-36(26-27-50(43)61-54(39)41)37-20-15-24-46-51(37)44-34-47-42(33-48(44)58(46)30-12-3-13-31-58)38-18-6-8-23-45(38)57(47)28-10-2-11-29-57/h1,4-9,14-27,32-34H,2-3,10-13,28-31H2. The van der Waals surface area contributed by atoms with Gasteiger partial charge in [0.25, 0.3) is 0 Å². The van der Waals surface area contributed by atoms with Crippen molar-refractivity contribution in [2.45, 2.75) is 75.0 Å². The molecule has 0 amide bonds. The van der Waals surface area contributed by atoms with Gasteiger partial charge in [0.05, 0.1) is 0 Å². The van der Waals surface area contributed by atoms with E-state index in [-0.39, 0.29) is 10.8 Å². The Balaban J connectivity index is 0.969. The molecule has 0 unspecified atom stereocenters. The molecule has 4 heteroatoms. The van der Waals surface area contributed by atoms with Crippen molar-refractivity contribution in [3.05, 3.63) is 168 Å². The third-order valence-corrected chi connectivity index (χ3v) is 15.5. The lowest BCUT2D eigenvalue weighted by Gasteiger charge is -2.37. The maximum atomic E-state index is 6.88. The molecule has 0 N–H and O–H groups in total. The SMILES string of the molecule is c1ccc(-c2nc(-c3cccc4c3oc3ccc(-c5cccc6c5-c5cc7c(cc5C65CCCCC5)-c5ccccc5C75CCCCC5)cc34)c3oc4ccccc4c3n2)cc1. The zero-order valence-corrected chi connectivity index (χ0v) is 34.6. The number of furan rings is 2. The molecule has 2 spiro atoms. The van der Waals surface area contributed by atoms with E-state index in [0.29, 0.717) is 11.4 Å². The lowest BCUT2D eigenvalue weighted by Crippen LogP contribution is -2.29. The van der Waals surface area contributed by atoms with E-state index in [1.54, 1.807) is 16.7 Å². The maximum Gasteiger partial charge on any atom is 0.180 e. The smallest absolute Gasteiger partial charge is 0.180 e. The fourth-order valence-electron chi connectivity index (χ4n) is 12.8. The number of hydrogen-bond donors (Lipinski definition) is 0. The van der Waals surface area contributed by atoms with Gasteiger partial charge in [-0.3, -0.25) is 0 Å². The lowest BCUT2D eigenvalue weighted by atomic mass is 9.66. The molecular formula is C58H44N2O2. The van der Waals surface area contributed by atoms with Crippen LogP contribution in [0.3, 0.4) is 0 Å². The third-order valence-electron chi connectivity index (χ3n) is 15.5. The first-order chi connectivity index (χ1) is 30.7. The van der Waals surface area contributed by atoms with Crippen LogP contribution in [0.15, 0.2) is 154 Å². The first-order valence-corrected chi connectivity index (χ1v) is 22.8. The molecule has 14 rings (SSSR count). The number of fused-ring (bicyclic) bond motifs is 16. The molecule has 298 valence electrons. The van der Waals surface area contributed by atoms with Gasteiger partial charge in [0.15, 0.2) is 11.4 Å². The van der Waals surface area contributed by atoms with Crippen molar-refractivity contribution in [2.75, 3.05) is 0 Å². The minimum Gasteiger partial charge on any atom is -0.455 e. The number of aromatic nitrogens is 2. The largest absolute Gasteiger partial charge is 0.455 e. The van der Waals surface area contributed by atoms with Crippen LogP contribution in [-0.2, 0) is 10.8 Å². The quantitative estimate of drug-likeness (QED) is 0.179. The van der Waals surface area contributed by atoms with Crippen LogP contribution < -0.4 is 0 Å². The van der Waals surface area contributed by atoms with E-state index in [9.17, 15) is 0 Å². The van der Waals surface area contributed by atoms with Gasteiger partial charge in [-0.1, -0.05) is 142 Å². The Morgan fingerprint density at radius 1 is 0.387 bits per heavy atom. The van der Waals surface area contributed by atoms with Gasteiger partial charge in [0.2, 0.25) is 0 Å². The molecule has 0 saturated heterocycles. The molecule has 4 nitrogen and oxygen atoms in total. The Kier molecular flexibility index (Phi) is 7.24. The maximum absolute atomic E-state index is 6.88. The molecule has 3 heterocycles. The summed E-state index contributed by atoms with van der Waals surface area (Å²) >= 11 is 0. The van der Waals surface area contributed by atoms with Gasteiger partial charge in [-0.2, -0.15) is 0 Å². The number of benzene rings is 7. The second-order valence-corrected chi connectivity index (χ2v) is 18.5. The Morgan fingerprint density at radius 2 is 1.02 bits per heavy atom. The van der Waals surface area contributed by atoms with Crippen LogP contribution in [0.2, 0.25) is 0 Å². The number of rotatable bonds is 3. The molecule has 4 aliphatic rings. The molecule has 2 saturated carbocycles. The van der Waals surface area contributed by atoms with Crippen LogP contribution in [0.4, 0.5) is 0 Å². The van der Waals surface area contributed by atoms with Crippen LogP contribution in [0.1, 0.15) is 86.5 Å². The van der Waals surface area contributed by atoms with E-state index in [1.807, 2.05) is 36.4 Å². The minimum atomic E-state index is 0.0463. The predicted octanol–water partition coefficient (Wildman–Crippen LogP) is 15.7. The van der Waals surface area contributed by atoms with E-state index >= 15 is 0 Å². The summed E-state index contributed by atoms with van der Waals surface area (Å²) in [5.74, 6) is 0.660. The average Bonchev–Trinajstić information content (AvgIpc) is 4.05. The second kappa shape index (κ2) is 12.9. The second-order valence-electron chi connectivity index (χ2n) is 18.5. The van der Waals surface area contributed by atoms with Crippen molar-refractivity contribution in [1.82, 2.24) is 9.97 Å². The van der Waals surface area contributed by atoms with Gasteiger partial charge < -0.3 is 8.83 Å². The highest BCUT2D eigenvalue weighted by Crippen LogP contribution is 2.63. The van der Waals surface area contributed by atoms with Crippen LogP contribution in [0, 0.1) is 0 Å². The van der Waals surface area contributed by atoms with Crippen molar-refractivity contribution in [1.29, 1.82) is 0 Å². The third kappa shape index (κ3) is 4.67. The number of hydrogen-bond acceptors (Lipinski definition) is 4. The van der Waals surface area contributed by atoms with E-state index in [0.717, 1.165) is 55.2 Å². The molecule has 0 bridgehead atoms. The van der Waals surface area contributed by atoms with Crippen molar-refractivity contribution in [2.24, 2.45) is 0 Å².